The predicted octanol–water partition coefficient (Wildman–Crippen LogP) is 5.25. The average molecular weight is 543 g/mol. The molecule has 0 aromatic heterocycles. The summed E-state index contributed by atoms with van der Waals surface area (Å²) < 4.78 is 117. The minimum atomic E-state index is -10.2. The minimum Gasteiger partial charge on any atom is -0.475 e. The van der Waals surface area contributed by atoms with Crippen LogP contribution in [0.3, 0.4) is 0 Å². The molecule has 2 aliphatic rings. The van der Waals surface area contributed by atoms with Gasteiger partial charge >= 0.3 is 22.4 Å². The molecule has 0 saturated carbocycles. The summed E-state index contributed by atoms with van der Waals surface area (Å²) >= 11 is 0. The molecule has 8 nitrogen and oxygen atoms in total. The van der Waals surface area contributed by atoms with Crippen LogP contribution in [0.2, 0.25) is 0 Å². The second-order valence-corrected chi connectivity index (χ2v) is 10.2. The molecule has 200 valence electrons. The van der Waals surface area contributed by atoms with Crippen molar-refractivity contribution >= 4 is 22.3 Å². The smallest absolute Gasteiger partial charge is 0.430 e. The van der Waals surface area contributed by atoms with Crippen LogP contribution < -0.4 is 10.3 Å². The number of esters is 1. The second kappa shape index (κ2) is 8.45. The van der Waals surface area contributed by atoms with E-state index in [9.17, 15) is 42.6 Å². The Morgan fingerprint density at radius 2 is 1.91 bits per heavy atom. The molecule has 2 aliphatic heterocycles. The number of aryl methyl sites for hydroxylation is 1. The number of hydrogen-bond donors (Lipinski definition) is 2. The highest BCUT2D eigenvalue weighted by atomic mass is 32.5. The van der Waals surface area contributed by atoms with E-state index in [0.717, 1.165) is 13.3 Å². The summed E-state index contributed by atoms with van der Waals surface area (Å²) in [5.74, 6) is -2.41. The summed E-state index contributed by atoms with van der Waals surface area (Å²) in [4.78, 5) is 14.9. The van der Waals surface area contributed by atoms with E-state index in [4.69, 9.17) is 14.3 Å². The first kappa shape index (κ1) is 27.4. The Kier molecular flexibility index (Phi) is 6.61. The number of carbonyl (C=O) groups is 1. The number of halogens is 8. The summed E-state index contributed by atoms with van der Waals surface area (Å²) in [6.07, 6.45) is -8.99. The number of fused-ring (bicyclic) bond motifs is 1. The van der Waals surface area contributed by atoms with Crippen molar-refractivity contribution in [1.29, 1.82) is 0 Å². The molecule has 2 heterocycles. The van der Waals surface area contributed by atoms with Gasteiger partial charge in [0.1, 0.15) is 10.6 Å². The lowest BCUT2D eigenvalue weighted by atomic mass is 9.98. The Morgan fingerprint density at radius 3 is 2.40 bits per heavy atom. The summed E-state index contributed by atoms with van der Waals surface area (Å²) in [6.45, 7) is 3.25. The fraction of sp³-hybridized carbons (Fsp3) is 0.500. The van der Waals surface area contributed by atoms with Gasteiger partial charge in [0.2, 0.25) is 12.4 Å². The van der Waals surface area contributed by atoms with Crippen LogP contribution in [-0.2, 0) is 20.8 Å². The van der Waals surface area contributed by atoms with Crippen LogP contribution in [0.5, 0.6) is 5.75 Å². The Labute approximate surface area is 193 Å². The van der Waals surface area contributed by atoms with Crippen LogP contribution in [0.15, 0.2) is 22.6 Å². The molecule has 3 rings (SSSR count). The standard InChI is InChI=1S/C18H21F8N3O5S/c1-3-11-7-13(35(22,23,24,25)26)8-12-9-14(16(18(19,20)21)33-15(11)12)17(30)32-10(2)34-27-29(31)28-5-4-6-28/h7-10,16,27,31H,3-6H2,1-2H3/t10?,16-/m0/s1. The number of benzene rings is 1. The zero-order valence-corrected chi connectivity index (χ0v) is 18.9. The molecule has 1 saturated heterocycles. The molecular weight excluding hydrogens is 522 g/mol. The second-order valence-electron chi connectivity index (χ2n) is 7.74. The lowest BCUT2D eigenvalue weighted by Crippen LogP contribution is -2.55. The Morgan fingerprint density at radius 1 is 1.29 bits per heavy atom. The van der Waals surface area contributed by atoms with Gasteiger partial charge in [-0.1, -0.05) is 31.9 Å². The Balaban J connectivity index is 1.92. The van der Waals surface area contributed by atoms with Gasteiger partial charge in [0.05, 0.1) is 5.57 Å². The van der Waals surface area contributed by atoms with E-state index in [1.54, 1.807) is 0 Å². The molecule has 0 bridgehead atoms. The van der Waals surface area contributed by atoms with Crippen molar-refractivity contribution in [1.82, 2.24) is 15.9 Å². The monoisotopic (exact) mass is 543 g/mol. The van der Waals surface area contributed by atoms with Gasteiger partial charge in [0, 0.05) is 18.7 Å². The fourth-order valence-electron chi connectivity index (χ4n) is 3.16. The number of hydrazine groups is 2. The average Bonchev–Trinajstić information content (AvgIpc) is 2.66. The predicted molar refractivity (Wildman–Crippen MR) is 105 cm³/mol. The Hall–Kier alpha value is -2.18. The first-order chi connectivity index (χ1) is 15.8. The van der Waals surface area contributed by atoms with Crippen LogP contribution in [0.1, 0.15) is 31.4 Å². The molecule has 0 spiro atoms. The van der Waals surface area contributed by atoms with Gasteiger partial charge in [-0.05, 0) is 48.8 Å². The molecule has 0 radical (unpaired) electrons. The zero-order valence-electron chi connectivity index (χ0n) is 18.1. The van der Waals surface area contributed by atoms with E-state index in [1.165, 1.54) is 11.9 Å². The van der Waals surface area contributed by atoms with E-state index < -0.39 is 62.1 Å². The third-order valence-corrected chi connectivity index (χ3v) is 6.16. The number of nitrogens with zero attached hydrogens (tertiary/aromatic N) is 2. The number of alkyl halides is 3. The first-order valence-electron chi connectivity index (χ1n) is 10.0. The molecule has 35 heavy (non-hydrogen) atoms. The van der Waals surface area contributed by atoms with Crippen LogP contribution in [0.4, 0.5) is 32.6 Å². The number of ether oxygens (including phenoxy) is 2. The van der Waals surface area contributed by atoms with Crippen molar-refractivity contribution in [3.63, 3.8) is 0 Å². The van der Waals surface area contributed by atoms with E-state index >= 15 is 0 Å². The van der Waals surface area contributed by atoms with Gasteiger partial charge in [-0.2, -0.15) is 13.2 Å². The third kappa shape index (κ3) is 6.34. The van der Waals surface area contributed by atoms with Gasteiger partial charge in [0.25, 0.3) is 0 Å². The number of hydrogen-bond acceptors (Lipinski definition) is 8. The van der Waals surface area contributed by atoms with Crippen molar-refractivity contribution in [2.24, 2.45) is 0 Å². The zero-order chi connectivity index (χ0) is 26.5. The van der Waals surface area contributed by atoms with Crippen LogP contribution in [0.25, 0.3) is 6.08 Å². The first-order valence-corrected chi connectivity index (χ1v) is 12.0. The van der Waals surface area contributed by atoms with Gasteiger partial charge in [0.15, 0.2) is 0 Å². The molecule has 1 aromatic carbocycles. The van der Waals surface area contributed by atoms with Crippen molar-refractivity contribution in [3.05, 3.63) is 28.8 Å². The lowest BCUT2D eigenvalue weighted by Gasteiger charge is -2.41. The molecule has 2 atom stereocenters. The van der Waals surface area contributed by atoms with Crippen molar-refractivity contribution in [2.75, 3.05) is 13.1 Å². The summed E-state index contributed by atoms with van der Waals surface area (Å²) in [5.41, 5.74) is -0.686. The number of carbonyl (C=O) groups excluding carboxylic acids is 1. The topological polar surface area (TPSA) is 83.5 Å². The SMILES string of the molecule is CCc1cc(S(F)(F)(F)(F)F)cc2c1O[C@H](C(F)(F)F)C(C(=O)OC(C)ONN(O)N1CCC1)=C2. The van der Waals surface area contributed by atoms with E-state index in [2.05, 4.69) is 0 Å². The molecule has 17 heteroatoms. The molecular formula is C18H21F8N3O5S. The highest BCUT2D eigenvalue weighted by molar-refractivity contribution is 8.45. The van der Waals surface area contributed by atoms with Gasteiger partial charge in [-0.25, -0.2) is 14.6 Å². The highest BCUT2D eigenvalue weighted by Gasteiger charge is 2.66. The third-order valence-electron chi connectivity index (χ3n) is 5.03. The summed E-state index contributed by atoms with van der Waals surface area (Å²) in [6, 6.07) is -0.0422. The molecule has 1 unspecified atom stereocenters. The number of nitrogens with one attached hydrogen (secondary N) is 1. The van der Waals surface area contributed by atoms with Crippen LogP contribution >= 0.6 is 10.2 Å². The molecule has 0 aliphatic carbocycles. The fourth-order valence-corrected chi connectivity index (χ4v) is 3.88. The van der Waals surface area contributed by atoms with Gasteiger partial charge in [-0.15, -0.1) is 0 Å². The largest absolute Gasteiger partial charge is 0.475 e. The summed E-state index contributed by atoms with van der Waals surface area (Å²) in [5, 5.41) is 11.4. The normalized spacial score (nSPS) is 21.7. The highest BCUT2D eigenvalue weighted by Crippen LogP contribution is 3.02. The maximum absolute atomic E-state index is 13.6. The quantitative estimate of drug-likeness (QED) is 0.199. The molecule has 1 fully saturated rings. The minimum absolute atomic E-state index is 0.0331. The van der Waals surface area contributed by atoms with Crippen molar-refractivity contribution in [2.45, 2.75) is 50.2 Å². The molecule has 2 N–H and O–H groups in total. The molecule has 0 amide bonds. The van der Waals surface area contributed by atoms with Gasteiger partial charge < -0.3 is 9.47 Å². The number of rotatable bonds is 8. The van der Waals surface area contributed by atoms with E-state index in [1.807, 2.05) is 5.59 Å². The van der Waals surface area contributed by atoms with Gasteiger partial charge in [-0.3, -0.25) is 5.21 Å². The lowest BCUT2D eigenvalue weighted by molar-refractivity contribution is -0.377. The summed E-state index contributed by atoms with van der Waals surface area (Å²) in [7, 11) is -10.2. The van der Waals surface area contributed by atoms with Crippen LogP contribution in [-0.4, -0.2) is 53.1 Å². The van der Waals surface area contributed by atoms with E-state index in [-0.39, 0.29) is 18.6 Å². The van der Waals surface area contributed by atoms with E-state index in [0.29, 0.717) is 24.4 Å². The van der Waals surface area contributed by atoms with Crippen molar-refractivity contribution in [3.8, 4) is 5.75 Å². The maximum Gasteiger partial charge on any atom is 0.430 e. The van der Waals surface area contributed by atoms with Crippen molar-refractivity contribution < 1.29 is 56.9 Å². The molecule has 1 aromatic rings. The maximum atomic E-state index is 13.6. The van der Waals surface area contributed by atoms with Crippen LogP contribution in [0, 0.1) is 0 Å². The Bertz CT molecular complexity index is 1030.